The van der Waals surface area contributed by atoms with Crippen LogP contribution in [0.5, 0.6) is 0 Å². The number of carbonyl (C=O) groups excluding carboxylic acids is 1. The zero-order chi connectivity index (χ0) is 23.2. The van der Waals surface area contributed by atoms with Crippen LogP contribution in [0.25, 0.3) is 11.1 Å². The summed E-state index contributed by atoms with van der Waals surface area (Å²) in [5.41, 5.74) is 5.52. The Hall–Kier alpha value is -3.69. The molecule has 0 aromatic heterocycles. The predicted molar refractivity (Wildman–Crippen MR) is 126 cm³/mol. The average molecular weight is 463 g/mol. The van der Waals surface area contributed by atoms with E-state index in [1.54, 1.807) is 48.5 Å². The molecule has 2 aliphatic heterocycles. The summed E-state index contributed by atoms with van der Waals surface area (Å²) in [7, 11) is -1.72. The molecule has 0 spiro atoms. The number of para-hydroxylation sites is 1. The lowest BCUT2D eigenvalue weighted by atomic mass is 9.87. The van der Waals surface area contributed by atoms with Crippen molar-refractivity contribution in [3.8, 4) is 11.1 Å². The first kappa shape index (κ1) is 21.2. The van der Waals surface area contributed by atoms with E-state index in [-0.39, 0.29) is 10.6 Å². The fourth-order valence-corrected chi connectivity index (χ4v) is 5.47. The summed E-state index contributed by atoms with van der Waals surface area (Å²) in [5.74, 6) is -0.437. The molecule has 0 aliphatic carbocycles. The third-order valence-corrected chi connectivity index (χ3v) is 7.43. The molecule has 0 bridgehead atoms. The van der Waals surface area contributed by atoms with Gasteiger partial charge in [-0.05, 0) is 66.1 Å². The lowest BCUT2D eigenvalue weighted by Crippen LogP contribution is -2.27. The Balaban J connectivity index is 1.56. The second-order valence-electron chi connectivity index (χ2n) is 8.19. The number of hydrogen-bond acceptors (Lipinski definition) is 6. The first-order valence-electron chi connectivity index (χ1n) is 10.5. The fourth-order valence-electron chi connectivity index (χ4n) is 4.41. The van der Waals surface area contributed by atoms with Crippen LogP contribution in [0.1, 0.15) is 16.7 Å². The van der Waals surface area contributed by atoms with Crippen LogP contribution >= 0.6 is 0 Å². The number of oxime groups is 1. The molecule has 0 fully saturated rings. The van der Waals surface area contributed by atoms with Gasteiger partial charge >= 0.3 is 0 Å². The summed E-state index contributed by atoms with van der Waals surface area (Å²) in [6.07, 6.45) is 0.783. The SMILES string of the molecule is CN1CCc2c(-c3ccc(S(=O)(=O)Nc4ccccc4)cc3)cc3c(c2C1)NC(=O)/C3=N\O. The zero-order valence-electron chi connectivity index (χ0n) is 17.9. The highest BCUT2D eigenvalue weighted by molar-refractivity contribution is 7.92. The highest BCUT2D eigenvalue weighted by Gasteiger charge is 2.33. The molecular weight excluding hydrogens is 440 g/mol. The number of rotatable bonds is 4. The molecule has 0 radical (unpaired) electrons. The van der Waals surface area contributed by atoms with Gasteiger partial charge in [0.1, 0.15) is 0 Å². The summed E-state index contributed by atoms with van der Waals surface area (Å²) in [6, 6.07) is 17.2. The van der Waals surface area contributed by atoms with Crippen molar-refractivity contribution in [1.82, 2.24) is 4.90 Å². The van der Waals surface area contributed by atoms with Gasteiger partial charge in [0, 0.05) is 24.3 Å². The van der Waals surface area contributed by atoms with Crippen LogP contribution in [0.4, 0.5) is 11.4 Å². The molecule has 3 N–H and O–H groups in total. The van der Waals surface area contributed by atoms with Crippen molar-refractivity contribution < 1.29 is 18.4 Å². The van der Waals surface area contributed by atoms with E-state index in [1.165, 1.54) is 0 Å². The standard InChI is InChI=1S/C24H22N4O4S/c1-28-12-11-18-19(13-20-22(21(18)14-28)25-24(29)23(20)26-30)15-7-9-17(10-8-15)33(31,32)27-16-5-3-2-4-6-16/h2-10,13,27,30H,11-12,14H2,1H3,(H,25,26,29). The number of nitrogens with one attached hydrogen (secondary N) is 2. The minimum absolute atomic E-state index is 0.0199. The Labute approximate surface area is 191 Å². The van der Waals surface area contributed by atoms with E-state index < -0.39 is 15.9 Å². The van der Waals surface area contributed by atoms with Gasteiger partial charge in [-0.1, -0.05) is 35.5 Å². The van der Waals surface area contributed by atoms with Crippen LogP contribution in [0.3, 0.4) is 0 Å². The van der Waals surface area contributed by atoms with E-state index in [1.807, 2.05) is 19.2 Å². The van der Waals surface area contributed by atoms with Crippen molar-refractivity contribution >= 4 is 33.0 Å². The Kier molecular flexibility index (Phi) is 5.15. The van der Waals surface area contributed by atoms with E-state index in [0.29, 0.717) is 23.5 Å². The van der Waals surface area contributed by atoms with Gasteiger partial charge in [-0.15, -0.1) is 0 Å². The van der Waals surface area contributed by atoms with Crippen molar-refractivity contribution in [2.45, 2.75) is 17.9 Å². The van der Waals surface area contributed by atoms with Gasteiger partial charge in [-0.25, -0.2) is 8.42 Å². The predicted octanol–water partition coefficient (Wildman–Crippen LogP) is 3.27. The molecule has 2 heterocycles. The first-order chi connectivity index (χ1) is 15.9. The Morgan fingerprint density at radius 2 is 1.76 bits per heavy atom. The Bertz CT molecular complexity index is 1380. The number of amides is 1. The lowest BCUT2D eigenvalue weighted by molar-refractivity contribution is -0.110. The molecule has 0 saturated carbocycles. The molecule has 8 nitrogen and oxygen atoms in total. The Morgan fingerprint density at radius 1 is 1.03 bits per heavy atom. The van der Waals surface area contributed by atoms with Crippen LogP contribution < -0.4 is 10.0 Å². The third-order valence-electron chi connectivity index (χ3n) is 6.03. The van der Waals surface area contributed by atoms with Gasteiger partial charge in [0.05, 0.1) is 10.6 Å². The quantitative estimate of drug-likeness (QED) is 0.407. The van der Waals surface area contributed by atoms with Crippen LogP contribution in [0, 0.1) is 0 Å². The molecule has 3 aromatic rings. The van der Waals surface area contributed by atoms with Crippen LogP contribution in [-0.4, -0.2) is 43.7 Å². The number of nitrogens with zero attached hydrogens (tertiary/aromatic N) is 2. The maximum atomic E-state index is 12.8. The van der Waals surface area contributed by atoms with Crippen molar-refractivity contribution in [3.63, 3.8) is 0 Å². The first-order valence-corrected chi connectivity index (χ1v) is 11.9. The molecule has 5 rings (SSSR count). The highest BCUT2D eigenvalue weighted by atomic mass is 32.2. The zero-order valence-corrected chi connectivity index (χ0v) is 18.7. The van der Waals surface area contributed by atoms with Crippen LogP contribution in [-0.2, 0) is 27.8 Å². The second-order valence-corrected chi connectivity index (χ2v) is 9.87. The normalized spacial score (nSPS) is 16.9. The van der Waals surface area contributed by atoms with Gasteiger partial charge in [0.25, 0.3) is 15.9 Å². The molecule has 1 amide bonds. The fraction of sp³-hybridized carbons (Fsp3) is 0.167. The van der Waals surface area contributed by atoms with E-state index >= 15 is 0 Å². The number of likely N-dealkylation sites (N-methyl/N-ethyl adjacent to an activating group) is 1. The number of anilines is 2. The van der Waals surface area contributed by atoms with Gasteiger partial charge in [-0.2, -0.15) is 0 Å². The topological polar surface area (TPSA) is 111 Å². The van der Waals surface area contributed by atoms with Gasteiger partial charge in [0.2, 0.25) is 0 Å². The van der Waals surface area contributed by atoms with Crippen LogP contribution in [0.15, 0.2) is 70.7 Å². The molecule has 33 heavy (non-hydrogen) atoms. The highest BCUT2D eigenvalue weighted by Crippen LogP contribution is 2.40. The van der Waals surface area contributed by atoms with Gasteiger partial charge in [0.15, 0.2) is 5.71 Å². The van der Waals surface area contributed by atoms with Crippen molar-refractivity contribution in [2.24, 2.45) is 5.16 Å². The summed E-state index contributed by atoms with van der Waals surface area (Å²) < 4.78 is 28.1. The summed E-state index contributed by atoms with van der Waals surface area (Å²) >= 11 is 0. The monoisotopic (exact) mass is 462 g/mol. The van der Waals surface area contributed by atoms with E-state index in [2.05, 4.69) is 20.1 Å². The van der Waals surface area contributed by atoms with Crippen molar-refractivity contribution in [3.05, 3.63) is 77.4 Å². The summed E-state index contributed by atoms with van der Waals surface area (Å²) in [6.45, 7) is 1.51. The molecule has 3 aromatic carbocycles. The molecular formula is C24H22N4O4S. The van der Waals surface area contributed by atoms with Gasteiger partial charge < -0.3 is 15.4 Å². The number of hydrogen-bond donors (Lipinski definition) is 3. The van der Waals surface area contributed by atoms with E-state index in [0.717, 1.165) is 35.2 Å². The van der Waals surface area contributed by atoms with Crippen molar-refractivity contribution in [2.75, 3.05) is 23.6 Å². The average Bonchev–Trinajstić information content (AvgIpc) is 3.14. The maximum Gasteiger partial charge on any atom is 0.278 e. The van der Waals surface area contributed by atoms with Gasteiger partial charge in [-0.3, -0.25) is 9.52 Å². The maximum absolute atomic E-state index is 12.8. The number of benzene rings is 3. The molecule has 0 unspecified atom stereocenters. The summed E-state index contributed by atoms with van der Waals surface area (Å²) in [4.78, 5) is 14.6. The van der Waals surface area contributed by atoms with Crippen molar-refractivity contribution in [1.29, 1.82) is 0 Å². The smallest absolute Gasteiger partial charge is 0.278 e. The molecule has 2 aliphatic rings. The minimum atomic E-state index is -3.73. The lowest BCUT2D eigenvalue weighted by Gasteiger charge is -2.29. The molecule has 9 heteroatoms. The van der Waals surface area contributed by atoms with E-state index in [9.17, 15) is 18.4 Å². The van der Waals surface area contributed by atoms with E-state index in [4.69, 9.17) is 0 Å². The minimum Gasteiger partial charge on any atom is -0.410 e. The number of sulfonamides is 1. The molecule has 0 saturated heterocycles. The summed E-state index contributed by atoms with van der Waals surface area (Å²) in [5, 5.41) is 15.4. The second kappa shape index (κ2) is 8.02. The third kappa shape index (κ3) is 3.75. The number of fused-ring (bicyclic) bond motifs is 3. The Morgan fingerprint density at radius 3 is 2.45 bits per heavy atom. The molecule has 168 valence electrons. The van der Waals surface area contributed by atoms with Crippen LogP contribution in [0.2, 0.25) is 0 Å². The molecule has 0 atom stereocenters. The largest absolute Gasteiger partial charge is 0.410 e. The number of carbonyl (C=O) groups is 1.